The van der Waals surface area contributed by atoms with Crippen molar-refractivity contribution in [1.29, 1.82) is 0 Å². The zero-order chi connectivity index (χ0) is 10.9. The van der Waals surface area contributed by atoms with Gasteiger partial charge in [-0.25, -0.2) is 0 Å². The predicted octanol–water partition coefficient (Wildman–Crippen LogP) is 0.0798. The minimum absolute atomic E-state index is 0.0319. The van der Waals surface area contributed by atoms with Crippen LogP contribution in [-0.4, -0.2) is 66.1 Å². The van der Waals surface area contributed by atoms with Gasteiger partial charge in [0.25, 0.3) is 0 Å². The maximum Gasteiger partial charge on any atom is 0.109 e. The molecule has 0 aromatic rings. The van der Waals surface area contributed by atoms with Gasteiger partial charge in [0.15, 0.2) is 0 Å². The topological polar surface area (TPSA) is 46.2 Å². The average molecular weight is 220 g/mol. The summed E-state index contributed by atoms with van der Waals surface area (Å²) < 4.78 is 26.5. The van der Waals surface area contributed by atoms with Crippen molar-refractivity contribution in [1.82, 2.24) is 0 Å². The van der Waals surface area contributed by atoms with Crippen LogP contribution in [0.15, 0.2) is 0 Å². The monoisotopic (exact) mass is 220 g/mol. The summed E-state index contributed by atoms with van der Waals surface area (Å²) in [6, 6.07) is 0. The molecule has 2 unspecified atom stereocenters. The summed E-state index contributed by atoms with van der Waals surface area (Å²) in [6.45, 7) is 3.49. The Kier molecular flexibility index (Phi) is 6.87. The highest BCUT2D eigenvalue weighted by molar-refractivity contribution is 4.72. The van der Waals surface area contributed by atoms with Gasteiger partial charge in [0.2, 0.25) is 0 Å². The molecule has 0 amide bonds. The van der Waals surface area contributed by atoms with Crippen LogP contribution >= 0.6 is 0 Å². The minimum Gasteiger partial charge on any atom is -0.382 e. The molecule has 5 nitrogen and oxygen atoms in total. The molecular formula is C10H20O5. The highest BCUT2D eigenvalue weighted by atomic mass is 16.6. The molecule has 5 heteroatoms. The highest BCUT2D eigenvalue weighted by Gasteiger charge is 2.25. The van der Waals surface area contributed by atoms with Crippen molar-refractivity contribution in [2.75, 3.05) is 53.9 Å². The normalized spacial score (nSPS) is 24.0. The van der Waals surface area contributed by atoms with Gasteiger partial charge in [-0.1, -0.05) is 0 Å². The minimum atomic E-state index is -0.0783. The van der Waals surface area contributed by atoms with Gasteiger partial charge < -0.3 is 23.7 Å². The van der Waals surface area contributed by atoms with E-state index in [1.807, 2.05) is 0 Å². The fourth-order valence-corrected chi connectivity index (χ4v) is 1.43. The molecule has 1 fully saturated rings. The molecule has 90 valence electrons. The third-order valence-electron chi connectivity index (χ3n) is 2.21. The Morgan fingerprint density at radius 2 is 2.07 bits per heavy atom. The number of hydrogen-bond donors (Lipinski definition) is 0. The Balaban J connectivity index is 2.26. The van der Waals surface area contributed by atoms with E-state index in [2.05, 4.69) is 0 Å². The molecule has 1 aliphatic rings. The second-order valence-corrected chi connectivity index (χ2v) is 3.34. The van der Waals surface area contributed by atoms with Crippen LogP contribution in [0.4, 0.5) is 0 Å². The molecule has 0 aromatic carbocycles. The molecule has 1 heterocycles. The van der Waals surface area contributed by atoms with Crippen molar-refractivity contribution in [3.05, 3.63) is 0 Å². The Bertz CT molecular complexity index is 147. The third-order valence-corrected chi connectivity index (χ3v) is 2.21. The van der Waals surface area contributed by atoms with Crippen LogP contribution in [-0.2, 0) is 23.7 Å². The molecule has 15 heavy (non-hydrogen) atoms. The van der Waals surface area contributed by atoms with E-state index in [1.54, 1.807) is 14.2 Å². The molecule has 0 radical (unpaired) electrons. The van der Waals surface area contributed by atoms with E-state index in [0.29, 0.717) is 39.6 Å². The van der Waals surface area contributed by atoms with E-state index < -0.39 is 0 Å². The molecule has 0 bridgehead atoms. The lowest BCUT2D eigenvalue weighted by Gasteiger charge is -2.29. The van der Waals surface area contributed by atoms with E-state index >= 15 is 0 Å². The van der Waals surface area contributed by atoms with E-state index in [0.717, 1.165) is 0 Å². The van der Waals surface area contributed by atoms with Crippen molar-refractivity contribution < 1.29 is 23.7 Å². The molecule has 0 spiro atoms. The maximum absolute atomic E-state index is 5.61. The van der Waals surface area contributed by atoms with Crippen LogP contribution in [0, 0.1) is 0 Å². The second-order valence-electron chi connectivity index (χ2n) is 3.34. The van der Waals surface area contributed by atoms with Gasteiger partial charge >= 0.3 is 0 Å². The summed E-state index contributed by atoms with van der Waals surface area (Å²) in [5.41, 5.74) is 0. The predicted molar refractivity (Wildman–Crippen MR) is 54.1 cm³/mol. The van der Waals surface area contributed by atoms with Crippen LogP contribution in [0.3, 0.4) is 0 Å². The summed E-state index contributed by atoms with van der Waals surface area (Å²) in [4.78, 5) is 0. The van der Waals surface area contributed by atoms with E-state index in [1.165, 1.54) is 0 Å². The summed E-state index contributed by atoms with van der Waals surface area (Å²) in [6.07, 6.45) is -0.110. The lowest BCUT2D eigenvalue weighted by Crippen LogP contribution is -2.42. The Morgan fingerprint density at radius 3 is 2.67 bits per heavy atom. The van der Waals surface area contributed by atoms with E-state index in [-0.39, 0.29) is 12.2 Å². The molecular weight excluding hydrogens is 200 g/mol. The zero-order valence-electron chi connectivity index (χ0n) is 9.44. The van der Waals surface area contributed by atoms with Crippen molar-refractivity contribution >= 4 is 0 Å². The molecule has 0 aliphatic carbocycles. The van der Waals surface area contributed by atoms with Crippen LogP contribution in [0.2, 0.25) is 0 Å². The van der Waals surface area contributed by atoms with E-state index in [4.69, 9.17) is 23.7 Å². The summed E-state index contributed by atoms with van der Waals surface area (Å²) in [5.74, 6) is 0. The highest BCUT2D eigenvalue weighted by Crippen LogP contribution is 2.09. The summed E-state index contributed by atoms with van der Waals surface area (Å²) in [7, 11) is 3.30. The van der Waals surface area contributed by atoms with Gasteiger partial charge in [-0.3, -0.25) is 0 Å². The SMILES string of the molecule is COCCOC(COC)C1COCCO1. The summed E-state index contributed by atoms with van der Waals surface area (Å²) in [5, 5.41) is 0. The largest absolute Gasteiger partial charge is 0.382 e. The third kappa shape index (κ3) is 4.90. The molecule has 0 saturated carbocycles. The maximum atomic E-state index is 5.61. The average Bonchev–Trinajstić information content (AvgIpc) is 2.29. The molecule has 1 saturated heterocycles. The lowest BCUT2D eigenvalue weighted by atomic mass is 10.2. The number of rotatable bonds is 7. The second kappa shape index (κ2) is 8.01. The molecule has 2 atom stereocenters. The first-order valence-electron chi connectivity index (χ1n) is 5.17. The van der Waals surface area contributed by atoms with Gasteiger partial charge in [0.1, 0.15) is 12.2 Å². The van der Waals surface area contributed by atoms with Crippen LogP contribution < -0.4 is 0 Å². The quantitative estimate of drug-likeness (QED) is 0.569. The Labute approximate surface area is 90.6 Å². The first-order valence-corrected chi connectivity index (χ1v) is 5.17. The standard InChI is InChI=1S/C10H20O5/c1-11-3-5-14-9(7-12-2)10-8-13-4-6-15-10/h9-10H,3-8H2,1-2H3. The first-order chi connectivity index (χ1) is 7.38. The van der Waals surface area contributed by atoms with Crippen LogP contribution in [0.1, 0.15) is 0 Å². The molecule has 0 N–H and O–H groups in total. The van der Waals surface area contributed by atoms with Gasteiger partial charge in [0.05, 0.1) is 39.6 Å². The fourth-order valence-electron chi connectivity index (χ4n) is 1.43. The number of ether oxygens (including phenoxy) is 5. The fraction of sp³-hybridized carbons (Fsp3) is 1.00. The zero-order valence-corrected chi connectivity index (χ0v) is 9.44. The van der Waals surface area contributed by atoms with Gasteiger partial charge in [0, 0.05) is 14.2 Å². The van der Waals surface area contributed by atoms with Crippen LogP contribution in [0.25, 0.3) is 0 Å². The van der Waals surface area contributed by atoms with Crippen molar-refractivity contribution in [3.8, 4) is 0 Å². The smallest absolute Gasteiger partial charge is 0.109 e. The van der Waals surface area contributed by atoms with Crippen molar-refractivity contribution in [2.45, 2.75) is 12.2 Å². The number of methoxy groups -OCH3 is 2. The van der Waals surface area contributed by atoms with Gasteiger partial charge in [-0.2, -0.15) is 0 Å². The molecule has 1 aliphatic heterocycles. The molecule has 1 rings (SSSR count). The Morgan fingerprint density at radius 1 is 1.20 bits per heavy atom. The van der Waals surface area contributed by atoms with E-state index in [9.17, 15) is 0 Å². The first kappa shape index (κ1) is 12.9. The van der Waals surface area contributed by atoms with Crippen LogP contribution in [0.5, 0.6) is 0 Å². The van der Waals surface area contributed by atoms with Gasteiger partial charge in [-0.05, 0) is 0 Å². The van der Waals surface area contributed by atoms with Crippen molar-refractivity contribution in [2.24, 2.45) is 0 Å². The Hall–Kier alpha value is -0.200. The lowest BCUT2D eigenvalue weighted by molar-refractivity contribution is -0.162. The van der Waals surface area contributed by atoms with Gasteiger partial charge in [-0.15, -0.1) is 0 Å². The number of hydrogen-bond acceptors (Lipinski definition) is 5. The summed E-state index contributed by atoms with van der Waals surface area (Å²) >= 11 is 0. The van der Waals surface area contributed by atoms with Crippen molar-refractivity contribution in [3.63, 3.8) is 0 Å². The molecule has 0 aromatic heterocycles.